The van der Waals surface area contributed by atoms with Gasteiger partial charge in [-0.25, -0.2) is 9.48 Å². The van der Waals surface area contributed by atoms with E-state index in [0.717, 1.165) is 31.5 Å². The maximum atomic E-state index is 11.6. The Labute approximate surface area is 112 Å². The molecule has 1 aliphatic carbocycles. The first-order valence-electron chi connectivity index (χ1n) is 7.17. The fourth-order valence-corrected chi connectivity index (χ4v) is 3.15. The Hall–Kier alpha value is -1.52. The number of aromatic carboxylic acids is 1. The van der Waals surface area contributed by atoms with E-state index in [-0.39, 0.29) is 12.0 Å². The quantitative estimate of drug-likeness (QED) is 0.892. The number of aromatic nitrogens is 2. The molecular weight excluding hydrogens is 244 g/mol. The van der Waals surface area contributed by atoms with Gasteiger partial charge in [-0.1, -0.05) is 19.3 Å². The monoisotopic (exact) mass is 264 g/mol. The van der Waals surface area contributed by atoms with Crippen LogP contribution in [0.4, 0.5) is 0 Å². The van der Waals surface area contributed by atoms with Crippen LogP contribution >= 0.6 is 0 Å². The lowest BCUT2D eigenvalue weighted by Gasteiger charge is -2.21. The molecule has 1 aromatic rings. The second kappa shape index (κ2) is 4.87. The van der Waals surface area contributed by atoms with Crippen molar-refractivity contribution in [2.24, 2.45) is 0 Å². The average Bonchev–Trinajstić information content (AvgIpc) is 2.78. The normalized spacial score (nSPS) is 23.7. The highest BCUT2D eigenvalue weighted by Crippen LogP contribution is 2.38. The summed E-state index contributed by atoms with van der Waals surface area (Å²) in [5.41, 5.74) is 1.05. The van der Waals surface area contributed by atoms with Crippen molar-refractivity contribution in [2.75, 3.05) is 0 Å². The maximum absolute atomic E-state index is 11.6. The van der Waals surface area contributed by atoms with Crippen molar-refractivity contribution in [3.05, 3.63) is 11.3 Å². The summed E-state index contributed by atoms with van der Waals surface area (Å²) in [6, 6.07) is 0. The molecule has 5 nitrogen and oxygen atoms in total. The Kier molecular flexibility index (Phi) is 3.21. The van der Waals surface area contributed by atoms with Crippen LogP contribution < -0.4 is 4.74 Å². The molecule has 1 N–H and O–H groups in total. The van der Waals surface area contributed by atoms with E-state index < -0.39 is 5.97 Å². The first-order chi connectivity index (χ1) is 9.16. The Bertz CT molecular complexity index is 489. The van der Waals surface area contributed by atoms with Crippen LogP contribution in [0, 0.1) is 0 Å². The minimum atomic E-state index is -0.907. The molecule has 2 aliphatic rings. The Balaban J connectivity index is 2.01. The zero-order valence-corrected chi connectivity index (χ0v) is 11.3. The van der Waals surface area contributed by atoms with Crippen LogP contribution in [0.1, 0.15) is 67.4 Å². The van der Waals surface area contributed by atoms with Crippen molar-refractivity contribution in [1.82, 2.24) is 9.78 Å². The molecule has 1 aliphatic heterocycles. The number of hydrogen-bond donors (Lipinski definition) is 1. The van der Waals surface area contributed by atoms with Crippen molar-refractivity contribution in [3.63, 3.8) is 0 Å². The van der Waals surface area contributed by atoms with Gasteiger partial charge in [0.25, 0.3) is 0 Å². The average molecular weight is 264 g/mol. The fraction of sp³-hybridized carbons (Fsp3) is 0.714. The largest absolute Gasteiger partial charge is 0.477 e. The molecule has 5 heteroatoms. The molecule has 0 unspecified atom stereocenters. The van der Waals surface area contributed by atoms with Crippen LogP contribution in [0.25, 0.3) is 0 Å². The predicted octanol–water partition coefficient (Wildman–Crippen LogP) is 2.80. The number of carbonyl (C=O) groups is 1. The van der Waals surface area contributed by atoms with Gasteiger partial charge in [0.15, 0.2) is 0 Å². The molecule has 0 spiro atoms. The zero-order chi connectivity index (χ0) is 13.4. The van der Waals surface area contributed by atoms with Crippen molar-refractivity contribution < 1.29 is 14.6 Å². The van der Waals surface area contributed by atoms with E-state index in [0.29, 0.717) is 11.4 Å². The lowest BCUT2D eigenvalue weighted by molar-refractivity contribution is 0.0681. The van der Waals surface area contributed by atoms with Crippen molar-refractivity contribution in [1.29, 1.82) is 0 Å². The number of nitrogens with zero attached hydrogens (tertiary/aromatic N) is 2. The highest BCUT2D eigenvalue weighted by Gasteiger charge is 2.32. The van der Waals surface area contributed by atoms with Crippen LogP contribution in [0.5, 0.6) is 5.88 Å². The highest BCUT2D eigenvalue weighted by molar-refractivity contribution is 5.92. The van der Waals surface area contributed by atoms with Crippen LogP contribution in [-0.4, -0.2) is 27.0 Å². The Morgan fingerprint density at radius 3 is 2.74 bits per heavy atom. The SMILES string of the molecule is C[C@@H]1CCn2nc(C3CCCCC3)c(C(=O)O)c2O1. The standard InChI is InChI=1S/C14H20N2O3/c1-9-7-8-16-13(19-9)11(14(17)18)12(15-16)10-5-3-2-4-6-10/h9-10H,2-8H2,1H3,(H,17,18)/t9-/m1/s1. The van der Waals surface area contributed by atoms with Crippen molar-refractivity contribution >= 4 is 5.97 Å². The second-order valence-corrected chi connectivity index (χ2v) is 5.65. The first kappa shape index (κ1) is 12.5. The van der Waals surface area contributed by atoms with Crippen LogP contribution in [0.2, 0.25) is 0 Å². The van der Waals surface area contributed by atoms with E-state index in [4.69, 9.17) is 4.74 Å². The number of carboxylic acid groups (broad SMARTS) is 1. The second-order valence-electron chi connectivity index (χ2n) is 5.65. The topological polar surface area (TPSA) is 64.4 Å². The molecule has 0 aromatic carbocycles. The third kappa shape index (κ3) is 2.22. The van der Waals surface area contributed by atoms with Gasteiger partial charge in [0, 0.05) is 18.9 Å². The molecular formula is C14H20N2O3. The first-order valence-corrected chi connectivity index (χ1v) is 7.17. The van der Waals surface area contributed by atoms with Crippen LogP contribution in [0.15, 0.2) is 0 Å². The van der Waals surface area contributed by atoms with Gasteiger partial charge in [-0.2, -0.15) is 5.10 Å². The molecule has 2 heterocycles. The van der Waals surface area contributed by atoms with Gasteiger partial charge in [0.2, 0.25) is 5.88 Å². The van der Waals surface area contributed by atoms with Gasteiger partial charge in [-0.15, -0.1) is 0 Å². The zero-order valence-electron chi connectivity index (χ0n) is 11.3. The number of carboxylic acids is 1. The molecule has 1 atom stereocenters. The molecule has 0 radical (unpaired) electrons. The summed E-state index contributed by atoms with van der Waals surface area (Å²) in [5.74, 6) is -0.153. The fourth-order valence-electron chi connectivity index (χ4n) is 3.15. The smallest absolute Gasteiger partial charge is 0.343 e. The lowest BCUT2D eigenvalue weighted by Crippen LogP contribution is -2.24. The highest BCUT2D eigenvalue weighted by atomic mass is 16.5. The maximum Gasteiger partial charge on any atom is 0.343 e. The third-order valence-electron chi connectivity index (χ3n) is 4.20. The van der Waals surface area contributed by atoms with E-state index in [1.54, 1.807) is 4.68 Å². The summed E-state index contributed by atoms with van der Waals surface area (Å²) >= 11 is 0. The minimum absolute atomic E-state index is 0.0708. The number of fused-ring (bicyclic) bond motifs is 1. The Morgan fingerprint density at radius 2 is 2.05 bits per heavy atom. The molecule has 1 fully saturated rings. The van der Waals surface area contributed by atoms with E-state index in [2.05, 4.69) is 5.10 Å². The number of aryl methyl sites for hydroxylation is 1. The van der Waals surface area contributed by atoms with E-state index in [1.165, 1.54) is 19.3 Å². The number of ether oxygens (including phenoxy) is 1. The van der Waals surface area contributed by atoms with Crippen LogP contribution in [-0.2, 0) is 6.54 Å². The number of hydrogen-bond acceptors (Lipinski definition) is 3. The summed E-state index contributed by atoms with van der Waals surface area (Å²) in [5, 5.41) is 14.0. The molecule has 0 bridgehead atoms. The van der Waals surface area contributed by atoms with Gasteiger partial charge in [-0.3, -0.25) is 0 Å². The van der Waals surface area contributed by atoms with E-state index in [1.807, 2.05) is 6.92 Å². The van der Waals surface area contributed by atoms with Gasteiger partial charge in [0.1, 0.15) is 5.56 Å². The van der Waals surface area contributed by atoms with Gasteiger partial charge < -0.3 is 9.84 Å². The molecule has 0 amide bonds. The van der Waals surface area contributed by atoms with E-state index in [9.17, 15) is 9.90 Å². The summed E-state index contributed by atoms with van der Waals surface area (Å²) in [4.78, 5) is 11.6. The molecule has 19 heavy (non-hydrogen) atoms. The summed E-state index contributed by atoms with van der Waals surface area (Å²) in [7, 11) is 0. The Morgan fingerprint density at radius 1 is 1.32 bits per heavy atom. The molecule has 1 saturated carbocycles. The summed E-state index contributed by atoms with van der Waals surface area (Å²) in [6.45, 7) is 2.73. The number of rotatable bonds is 2. The molecule has 1 aromatic heterocycles. The predicted molar refractivity (Wildman–Crippen MR) is 69.7 cm³/mol. The molecule has 3 rings (SSSR count). The van der Waals surface area contributed by atoms with E-state index >= 15 is 0 Å². The van der Waals surface area contributed by atoms with Gasteiger partial charge >= 0.3 is 5.97 Å². The molecule has 0 saturated heterocycles. The summed E-state index contributed by atoms with van der Waals surface area (Å²) < 4.78 is 7.46. The van der Waals surface area contributed by atoms with Gasteiger partial charge in [0.05, 0.1) is 11.8 Å². The lowest BCUT2D eigenvalue weighted by atomic mass is 9.85. The van der Waals surface area contributed by atoms with Gasteiger partial charge in [-0.05, 0) is 19.8 Å². The third-order valence-corrected chi connectivity index (χ3v) is 4.20. The van der Waals surface area contributed by atoms with Crippen molar-refractivity contribution in [2.45, 2.75) is 64.0 Å². The molecule has 104 valence electrons. The van der Waals surface area contributed by atoms with Crippen LogP contribution in [0.3, 0.4) is 0 Å². The summed E-state index contributed by atoms with van der Waals surface area (Å²) in [6.07, 6.45) is 6.64. The van der Waals surface area contributed by atoms with Crippen molar-refractivity contribution in [3.8, 4) is 5.88 Å². The minimum Gasteiger partial charge on any atom is -0.477 e.